The van der Waals surface area contributed by atoms with E-state index in [1.165, 1.54) is 0 Å². The third kappa shape index (κ3) is 3.88. The molecule has 1 aromatic heterocycles. The molecule has 0 spiro atoms. The molecule has 0 aliphatic heterocycles. The average Bonchev–Trinajstić information content (AvgIpc) is 3.34. The van der Waals surface area contributed by atoms with Gasteiger partial charge in [0.2, 0.25) is 5.91 Å². The molecule has 0 bridgehead atoms. The van der Waals surface area contributed by atoms with Gasteiger partial charge in [0.15, 0.2) is 5.16 Å². The van der Waals surface area contributed by atoms with Crippen molar-refractivity contribution in [1.29, 1.82) is 0 Å². The zero-order valence-electron chi connectivity index (χ0n) is 12.4. The summed E-state index contributed by atoms with van der Waals surface area (Å²) in [6.07, 6.45) is 1.89. The Balaban J connectivity index is 1.51. The Labute approximate surface area is 149 Å². The van der Waals surface area contributed by atoms with Gasteiger partial charge in [0.25, 0.3) is 5.91 Å². The summed E-state index contributed by atoms with van der Waals surface area (Å²) in [6.45, 7) is 0. The summed E-state index contributed by atoms with van der Waals surface area (Å²) in [5, 5.41) is 6.79. The van der Waals surface area contributed by atoms with E-state index in [0.29, 0.717) is 15.2 Å². The lowest BCUT2D eigenvalue weighted by Gasteiger charge is -2.08. The Bertz CT molecular complexity index is 830. The molecular weight excluding hydrogens is 398 g/mol. The summed E-state index contributed by atoms with van der Waals surface area (Å²) in [5.74, 6) is -0.776. The standard InChI is InChI=1S/C14H14BrN5O3S/c15-10-4-2-1-3-9(10)12(22)17-16-11(21)7-24-14-19-18-13(23)20(14)8-5-6-8/h1-4,8H,5-7H2,(H,16,21)(H,17,22)(H,18,23). The second-order valence-electron chi connectivity index (χ2n) is 5.18. The zero-order valence-corrected chi connectivity index (χ0v) is 14.8. The summed E-state index contributed by atoms with van der Waals surface area (Å²) < 4.78 is 2.20. The fourth-order valence-corrected chi connectivity index (χ4v) is 3.33. The van der Waals surface area contributed by atoms with Crippen molar-refractivity contribution >= 4 is 39.5 Å². The van der Waals surface area contributed by atoms with Crippen molar-refractivity contribution in [2.45, 2.75) is 24.0 Å². The molecule has 3 rings (SSSR count). The molecule has 0 radical (unpaired) electrons. The van der Waals surface area contributed by atoms with Crippen LogP contribution in [0.3, 0.4) is 0 Å². The molecule has 126 valence electrons. The summed E-state index contributed by atoms with van der Waals surface area (Å²) in [7, 11) is 0. The van der Waals surface area contributed by atoms with E-state index >= 15 is 0 Å². The smallest absolute Gasteiger partial charge is 0.272 e. The lowest BCUT2D eigenvalue weighted by atomic mass is 10.2. The van der Waals surface area contributed by atoms with Gasteiger partial charge < -0.3 is 0 Å². The quantitative estimate of drug-likeness (QED) is 0.506. The first kappa shape index (κ1) is 16.8. The minimum absolute atomic E-state index is 0.0350. The normalized spacial score (nSPS) is 13.5. The van der Waals surface area contributed by atoms with E-state index < -0.39 is 11.8 Å². The Kier molecular flexibility index (Phi) is 5.05. The van der Waals surface area contributed by atoms with Crippen LogP contribution in [0.4, 0.5) is 0 Å². The number of nitrogens with one attached hydrogen (secondary N) is 3. The first-order valence-corrected chi connectivity index (χ1v) is 8.97. The number of benzene rings is 1. The molecule has 1 aromatic carbocycles. The number of rotatable bonds is 5. The van der Waals surface area contributed by atoms with Gasteiger partial charge in [-0.15, -0.1) is 5.10 Å². The largest absolute Gasteiger partial charge is 0.344 e. The maximum Gasteiger partial charge on any atom is 0.344 e. The van der Waals surface area contributed by atoms with Crippen LogP contribution in [0, 0.1) is 0 Å². The van der Waals surface area contributed by atoms with Crippen LogP contribution in [0.1, 0.15) is 29.2 Å². The highest BCUT2D eigenvalue weighted by atomic mass is 79.9. The molecule has 0 unspecified atom stereocenters. The number of carbonyl (C=O) groups is 2. The van der Waals surface area contributed by atoms with Crippen LogP contribution in [0.25, 0.3) is 0 Å². The summed E-state index contributed by atoms with van der Waals surface area (Å²) >= 11 is 4.42. The number of thioether (sulfide) groups is 1. The second-order valence-corrected chi connectivity index (χ2v) is 6.98. The predicted octanol–water partition coefficient (Wildman–Crippen LogP) is 1.22. The third-order valence-corrected chi connectivity index (χ3v) is 4.99. The van der Waals surface area contributed by atoms with Crippen molar-refractivity contribution in [3.63, 3.8) is 0 Å². The molecule has 1 fully saturated rings. The molecule has 2 amide bonds. The number of hydrogen-bond donors (Lipinski definition) is 3. The first-order valence-electron chi connectivity index (χ1n) is 7.19. The van der Waals surface area contributed by atoms with Gasteiger partial charge >= 0.3 is 5.69 Å². The Morgan fingerprint density at radius 1 is 1.33 bits per heavy atom. The van der Waals surface area contributed by atoms with Crippen LogP contribution >= 0.6 is 27.7 Å². The van der Waals surface area contributed by atoms with Crippen LogP contribution < -0.4 is 16.5 Å². The third-order valence-electron chi connectivity index (χ3n) is 3.35. The summed E-state index contributed by atoms with van der Waals surface area (Å²) in [5.41, 5.74) is 4.85. The predicted molar refractivity (Wildman–Crippen MR) is 91.6 cm³/mol. The first-order chi connectivity index (χ1) is 11.6. The lowest BCUT2D eigenvalue weighted by Crippen LogP contribution is -2.42. The van der Waals surface area contributed by atoms with E-state index in [9.17, 15) is 14.4 Å². The van der Waals surface area contributed by atoms with Gasteiger partial charge in [-0.1, -0.05) is 23.9 Å². The molecule has 2 aromatic rings. The molecular formula is C14H14BrN5O3S. The molecule has 24 heavy (non-hydrogen) atoms. The summed E-state index contributed by atoms with van der Waals surface area (Å²) in [6, 6.07) is 7.07. The van der Waals surface area contributed by atoms with E-state index in [1.807, 2.05) is 0 Å². The van der Waals surface area contributed by atoms with Gasteiger partial charge in [-0.2, -0.15) is 0 Å². The number of halogens is 1. The SMILES string of the molecule is O=C(CSc1n[nH]c(=O)n1C1CC1)NNC(=O)c1ccccc1Br. The molecule has 3 N–H and O–H groups in total. The van der Waals surface area contributed by atoms with E-state index in [1.54, 1.807) is 28.8 Å². The van der Waals surface area contributed by atoms with Gasteiger partial charge in [-0.3, -0.25) is 25.0 Å². The monoisotopic (exact) mass is 411 g/mol. The van der Waals surface area contributed by atoms with Crippen molar-refractivity contribution < 1.29 is 9.59 Å². The Morgan fingerprint density at radius 2 is 2.08 bits per heavy atom. The van der Waals surface area contributed by atoms with E-state index in [-0.39, 0.29) is 17.5 Å². The highest BCUT2D eigenvalue weighted by Gasteiger charge is 2.28. The molecule has 8 nitrogen and oxygen atoms in total. The number of nitrogens with zero attached hydrogens (tertiary/aromatic N) is 2. The number of H-pyrrole nitrogens is 1. The fourth-order valence-electron chi connectivity index (χ4n) is 2.05. The topological polar surface area (TPSA) is 109 Å². The minimum atomic E-state index is -0.421. The highest BCUT2D eigenvalue weighted by molar-refractivity contribution is 9.10. The van der Waals surface area contributed by atoms with E-state index in [4.69, 9.17) is 0 Å². The molecule has 1 saturated carbocycles. The van der Waals surface area contributed by atoms with Crippen molar-refractivity contribution in [3.05, 3.63) is 44.8 Å². The number of amides is 2. The number of hydrogen-bond acceptors (Lipinski definition) is 5. The van der Waals surface area contributed by atoms with Crippen molar-refractivity contribution in [3.8, 4) is 0 Å². The van der Waals surface area contributed by atoms with Gasteiger partial charge in [-0.05, 0) is 40.9 Å². The molecule has 0 atom stereocenters. The Hall–Kier alpha value is -2.07. The molecule has 10 heteroatoms. The zero-order chi connectivity index (χ0) is 17.1. The number of hydrazine groups is 1. The molecule has 0 saturated heterocycles. The molecule has 1 aliphatic carbocycles. The number of aromatic nitrogens is 3. The van der Waals surface area contributed by atoms with E-state index in [2.05, 4.69) is 37.0 Å². The highest BCUT2D eigenvalue weighted by Crippen LogP contribution is 2.35. The number of carbonyl (C=O) groups excluding carboxylic acids is 2. The maximum atomic E-state index is 12.0. The molecule has 1 heterocycles. The lowest BCUT2D eigenvalue weighted by molar-refractivity contribution is -0.119. The molecule has 1 aliphatic rings. The van der Waals surface area contributed by atoms with E-state index in [0.717, 1.165) is 24.6 Å². The maximum absolute atomic E-state index is 12.0. The van der Waals surface area contributed by atoms with Crippen LogP contribution in [0.15, 0.2) is 38.7 Å². The van der Waals surface area contributed by atoms with Crippen molar-refractivity contribution in [2.75, 3.05) is 5.75 Å². The average molecular weight is 412 g/mol. The van der Waals surface area contributed by atoms with Gasteiger partial charge in [0, 0.05) is 10.5 Å². The van der Waals surface area contributed by atoms with Crippen LogP contribution in [0.5, 0.6) is 0 Å². The van der Waals surface area contributed by atoms with Crippen LogP contribution in [-0.2, 0) is 4.79 Å². The van der Waals surface area contributed by atoms with Crippen molar-refractivity contribution in [2.24, 2.45) is 0 Å². The van der Waals surface area contributed by atoms with Crippen LogP contribution in [-0.4, -0.2) is 32.3 Å². The number of aromatic amines is 1. The van der Waals surface area contributed by atoms with Gasteiger partial charge in [-0.25, -0.2) is 9.89 Å². The summed E-state index contributed by atoms with van der Waals surface area (Å²) in [4.78, 5) is 35.5. The van der Waals surface area contributed by atoms with Gasteiger partial charge in [0.05, 0.1) is 11.3 Å². The Morgan fingerprint density at radius 3 is 2.79 bits per heavy atom. The fraction of sp³-hybridized carbons (Fsp3) is 0.286. The van der Waals surface area contributed by atoms with Gasteiger partial charge in [0.1, 0.15) is 0 Å². The van der Waals surface area contributed by atoms with Crippen LogP contribution in [0.2, 0.25) is 0 Å². The minimum Gasteiger partial charge on any atom is -0.272 e. The second kappa shape index (κ2) is 7.22. The van der Waals surface area contributed by atoms with Crippen molar-refractivity contribution in [1.82, 2.24) is 25.6 Å².